The summed E-state index contributed by atoms with van der Waals surface area (Å²) in [7, 11) is 1.67. The third-order valence-electron chi connectivity index (χ3n) is 2.92. The van der Waals surface area contributed by atoms with E-state index in [2.05, 4.69) is 32.9 Å². The summed E-state index contributed by atoms with van der Waals surface area (Å²) >= 11 is 5.75. The molecule has 0 heterocycles. The fourth-order valence-electron chi connectivity index (χ4n) is 1.76. The van der Waals surface area contributed by atoms with Crippen molar-refractivity contribution in [1.82, 2.24) is 0 Å². The molecule has 0 aliphatic rings. The maximum Gasteiger partial charge on any atom is 0.123 e. The summed E-state index contributed by atoms with van der Waals surface area (Å²) in [5.74, 6) is 1.40. The number of halogens is 1. The van der Waals surface area contributed by atoms with E-state index in [-0.39, 0.29) is 11.5 Å². The van der Waals surface area contributed by atoms with Crippen LogP contribution in [0, 0.1) is 0 Å². The third kappa shape index (κ3) is 3.62. The van der Waals surface area contributed by atoms with Gasteiger partial charge in [-0.25, -0.2) is 0 Å². The Hall–Kier alpha value is -0.730. The maximum absolute atomic E-state index is 6.13. The van der Waals surface area contributed by atoms with Crippen molar-refractivity contribution in [2.24, 2.45) is 5.73 Å². The Labute approximate surface area is 109 Å². The zero-order chi connectivity index (χ0) is 13.1. The second-order valence-corrected chi connectivity index (χ2v) is 5.67. The molecule has 3 heteroatoms. The van der Waals surface area contributed by atoms with Crippen molar-refractivity contribution in [3.8, 4) is 5.75 Å². The van der Waals surface area contributed by atoms with Gasteiger partial charge >= 0.3 is 0 Å². The number of methoxy groups -OCH3 is 1. The van der Waals surface area contributed by atoms with E-state index in [9.17, 15) is 0 Å². The summed E-state index contributed by atoms with van der Waals surface area (Å²) in [6, 6.07) is 6.15. The summed E-state index contributed by atoms with van der Waals surface area (Å²) < 4.78 is 5.36. The van der Waals surface area contributed by atoms with Crippen LogP contribution in [0.5, 0.6) is 5.75 Å². The number of benzene rings is 1. The van der Waals surface area contributed by atoms with Crippen LogP contribution in [0.3, 0.4) is 0 Å². The van der Waals surface area contributed by atoms with Crippen LogP contribution in [-0.2, 0) is 5.41 Å². The highest BCUT2D eigenvalue weighted by Gasteiger charge is 2.18. The number of ether oxygens (including phenoxy) is 1. The Morgan fingerprint density at radius 2 is 2.00 bits per heavy atom. The Bertz CT molecular complexity index is 371. The lowest BCUT2D eigenvalue weighted by Gasteiger charge is -2.23. The third-order valence-corrected chi connectivity index (χ3v) is 3.13. The molecule has 0 saturated carbocycles. The molecule has 0 radical (unpaired) electrons. The first kappa shape index (κ1) is 14.3. The van der Waals surface area contributed by atoms with Gasteiger partial charge in [0.15, 0.2) is 0 Å². The van der Waals surface area contributed by atoms with E-state index in [0.29, 0.717) is 5.88 Å². The zero-order valence-electron chi connectivity index (χ0n) is 11.1. The normalized spacial score (nSPS) is 13.5. The molecular weight excluding hydrogens is 234 g/mol. The van der Waals surface area contributed by atoms with Crippen molar-refractivity contribution in [3.63, 3.8) is 0 Å². The van der Waals surface area contributed by atoms with E-state index in [1.54, 1.807) is 7.11 Å². The van der Waals surface area contributed by atoms with Crippen molar-refractivity contribution in [2.45, 2.75) is 38.6 Å². The lowest BCUT2D eigenvalue weighted by molar-refractivity contribution is 0.404. The predicted molar refractivity (Wildman–Crippen MR) is 74.0 cm³/mol. The van der Waals surface area contributed by atoms with Crippen molar-refractivity contribution in [1.29, 1.82) is 0 Å². The first-order valence-electron chi connectivity index (χ1n) is 5.90. The quantitative estimate of drug-likeness (QED) is 0.834. The molecule has 0 aromatic heterocycles. The monoisotopic (exact) mass is 255 g/mol. The summed E-state index contributed by atoms with van der Waals surface area (Å²) in [6.45, 7) is 6.56. The second-order valence-electron chi connectivity index (χ2n) is 5.29. The van der Waals surface area contributed by atoms with E-state index < -0.39 is 0 Å². The number of hydrogen-bond acceptors (Lipinski definition) is 2. The van der Waals surface area contributed by atoms with Crippen LogP contribution < -0.4 is 10.5 Å². The predicted octanol–water partition coefficient (Wildman–Crippen LogP) is 3.62. The molecule has 0 spiro atoms. The fraction of sp³-hybridized carbons (Fsp3) is 0.571. The number of hydrogen-bond donors (Lipinski definition) is 1. The molecule has 0 aliphatic heterocycles. The topological polar surface area (TPSA) is 35.2 Å². The second kappa shape index (κ2) is 5.74. The van der Waals surface area contributed by atoms with Gasteiger partial charge in [0.2, 0.25) is 0 Å². The standard InChI is InChI=1S/C14H22ClNO/c1-14(2,3)10-5-6-13(17-4)11(9-10)12(16)7-8-15/h5-6,9,12H,7-8,16H2,1-4H3. The van der Waals surface area contributed by atoms with Crippen LogP contribution in [0.15, 0.2) is 18.2 Å². The summed E-state index contributed by atoms with van der Waals surface area (Å²) in [4.78, 5) is 0. The number of alkyl halides is 1. The van der Waals surface area contributed by atoms with Crippen molar-refractivity contribution >= 4 is 11.6 Å². The van der Waals surface area contributed by atoms with Gasteiger partial charge in [-0.15, -0.1) is 11.6 Å². The van der Waals surface area contributed by atoms with Crippen molar-refractivity contribution in [2.75, 3.05) is 13.0 Å². The van der Waals surface area contributed by atoms with E-state index in [1.807, 2.05) is 6.07 Å². The van der Waals surface area contributed by atoms with Crippen LogP contribution in [-0.4, -0.2) is 13.0 Å². The highest BCUT2D eigenvalue weighted by molar-refractivity contribution is 6.17. The van der Waals surface area contributed by atoms with E-state index in [1.165, 1.54) is 5.56 Å². The Morgan fingerprint density at radius 1 is 1.35 bits per heavy atom. The Kier molecular flexibility index (Phi) is 4.84. The molecule has 1 rings (SSSR count). The molecule has 0 amide bonds. The van der Waals surface area contributed by atoms with Crippen LogP contribution >= 0.6 is 11.6 Å². The largest absolute Gasteiger partial charge is 0.496 e. The van der Waals surface area contributed by atoms with Crippen LogP contribution in [0.25, 0.3) is 0 Å². The minimum atomic E-state index is -0.0650. The summed E-state index contributed by atoms with van der Waals surface area (Å²) in [5.41, 5.74) is 8.55. The minimum absolute atomic E-state index is 0.0650. The highest BCUT2D eigenvalue weighted by atomic mass is 35.5. The minimum Gasteiger partial charge on any atom is -0.496 e. The average molecular weight is 256 g/mol. The lowest BCUT2D eigenvalue weighted by Crippen LogP contribution is -2.16. The average Bonchev–Trinajstić information content (AvgIpc) is 2.27. The first-order valence-corrected chi connectivity index (χ1v) is 6.43. The molecule has 1 aromatic rings. The zero-order valence-corrected chi connectivity index (χ0v) is 11.8. The molecule has 2 N–H and O–H groups in total. The maximum atomic E-state index is 6.13. The summed E-state index contributed by atoms with van der Waals surface area (Å²) in [5, 5.41) is 0. The molecular formula is C14H22ClNO. The van der Waals surface area contributed by atoms with Crippen molar-refractivity contribution in [3.05, 3.63) is 29.3 Å². The molecule has 0 aliphatic carbocycles. The molecule has 17 heavy (non-hydrogen) atoms. The fourth-order valence-corrected chi connectivity index (χ4v) is 2.00. The van der Waals surface area contributed by atoms with Gasteiger partial charge in [-0.1, -0.05) is 32.9 Å². The van der Waals surface area contributed by atoms with Gasteiger partial charge < -0.3 is 10.5 Å². The SMILES string of the molecule is COc1ccc(C(C)(C)C)cc1C(N)CCCl. The molecule has 96 valence electrons. The molecule has 0 bridgehead atoms. The van der Waals surface area contributed by atoms with Crippen LogP contribution in [0.1, 0.15) is 44.4 Å². The van der Waals surface area contributed by atoms with E-state index >= 15 is 0 Å². The lowest BCUT2D eigenvalue weighted by atomic mass is 9.85. The molecule has 1 aromatic carbocycles. The molecule has 1 unspecified atom stereocenters. The molecule has 2 nitrogen and oxygen atoms in total. The first-order chi connectivity index (χ1) is 7.90. The smallest absolute Gasteiger partial charge is 0.123 e. The van der Waals surface area contributed by atoms with Gasteiger partial charge in [0, 0.05) is 17.5 Å². The van der Waals surface area contributed by atoms with Crippen LogP contribution in [0.2, 0.25) is 0 Å². The van der Waals surface area contributed by atoms with Crippen LogP contribution in [0.4, 0.5) is 0 Å². The Morgan fingerprint density at radius 3 is 2.47 bits per heavy atom. The number of rotatable bonds is 4. The van der Waals surface area contributed by atoms with E-state index in [4.69, 9.17) is 22.1 Å². The molecule has 0 saturated heterocycles. The van der Waals surface area contributed by atoms with Gasteiger partial charge in [-0.05, 0) is 23.5 Å². The van der Waals surface area contributed by atoms with Gasteiger partial charge in [0.05, 0.1) is 7.11 Å². The van der Waals surface area contributed by atoms with Gasteiger partial charge in [-0.2, -0.15) is 0 Å². The molecule has 1 atom stereocenters. The van der Waals surface area contributed by atoms with Gasteiger partial charge in [0.1, 0.15) is 5.75 Å². The van der Waals surface area contributed by atoms with E-state index in [0.717, 1.165) is 17.7 Å². The number of nitrogens with two attached hydrogens (primary N) is 1. The van der Waals surface area contributed by atoms with Gasteiger partial charge in [-0.3, -0.25) is 0 Å². The Balaban J connectivity index is 3.15. The van der Waals surface area contributed by atoms with Crippen molar-refractivity contribution < 1.29 is 4.74 Å². The summed E-state index contributed by atoms with van der Waals surface area (Å²) in [6.07, 6.45) is 0.755. The van der Waals surface area contributed by atoms with Gasteiger partial charge in [0.25, 0.3) is 0 Å². The molecule has 0 fully saturated rings. The highest BCUT2D eigenvalue weighted by Crippen LogP contribution is 2.31.